The van der Waals surface area contributed by atoms with E-state index in [-0.39, 0.29) is 23.2 Å². The van der Waals surface area contributed by atoms with Crippen molar-refractivity contribution in [1.82, 2.24) is 0 Å². The molecule has 0 aliphatic carbocycles. The quantitative estimate of drug-likeness (QED) is 0.488. The summed E-state index contributed by atoms with van der Waals surface area (Å²) < 4.78 is 0. The van der Waals surface area contributed by atoms with Gasteiger partial charge in [0.25, 0.3) is 0 Å². The van der Waals surface area contributed by atoms with Crippen LogP contribution in [0.15, 0.2) is 0 Å². The van der Waals surface area contributed by atoms with Gasteiger partial charge in [-0.2, -0.15) is 0 Å². The van der Waals surface area contributed by atoms with E-state index in [4.69, 9.17) is 5.11 Å². The molecule has 0 bridgehead atoms. The molecule has 93 valence electrons. The van der Waals surface area contributed by atoms with E-state index >= 15 is 0 Å². The zero-order valence-electron chi connectivity index (χ0n) is 7.19. The maximum absolute atomic E-state index is 10.1. The van der Waals surface area contributed by atoms with Crippen LogP contribution in [0.5, 0.6) is 0 Å². The van der Waals surface area contributed by atoms with Crippen molar-refractivity contribution in [2.75, 3.05) is 0 Å². The third-order valence-corrected chi connectivity index (χ3v) is 1.25. The third-order valence-electron chi connectivity index (χ3n) is 1.25. The molecule has 0 aliphatic rings. The molecule has 0 fully saturated rings. The van der Waals surface area contributed by atoms with Crippen LogP contribution < -0.4 is 15.3 Å². The molecule has 0 amide bonds. The van der Waals surface area contributed by atoms with Gasteiger partial charge < -0.3 is 41.0 Å². The van der Waals surface area contributed by atoms with Crippen LogP contribution >= 0.6 is 0 Å². The molecule has 1 radical (unpaired) electrons. The van der Waals surface area contributed by atoms with Gasteiger partial charge in [-0.05, 0) is 0 Å². The molecular formula is C6H7CuNO7-4. The summed E-state index contributed by atoms with van der Waals surface area (Å²) in [5, 5.41) is 38.9. The summed E-state index contributed by atoms with van der Waals surface area (Å²) >= 11 is 0. The molecule has 0 aliphatic heterocycles. The predicted octanol–water partition coefficient (Wildman–Crippen LogP) is -4.54. The molecule has 9 heteroatoms. The van der Waals surface area contributed by atoms with Crippen LogP contribution in [0, 0.1) is 0 Å². The number of rotatable bonds is 5. The molecule has 0 atom stereocenters. The smallest absolute Gasteiger partial charge is 0.114 e. The summed E-state index contributed by atoms with van der Waals surface area (Å²) in [4.78, 5) is 30.0. The van der Waals surface area contributed by atoms with Gasteiger partial charge in [-0.25, -0.2) is 0 Å². The second-order valence-electron chi connectivity index (χ2n) is 2.42. The Morgan fingerprint density at radius 2 is 1.27 bits per heavy atom. The van der Waals surface area contributed by atoms with E-state index < -0.39 is 36.4 Å². The van der Waals surface area contributed by atoms with Gasteiger partial charge in [0.2, 0.25) is 0 Å². The fourth-order valence-corrected chi connectivity index (χ4v) is 0.684. The van der Waals surface area contributed by atoms with Crippen molar-refractivity contribution in [2.45, 2.75) is 18.4 Å². The fourth-order valence-electron chi connectivity index (χ4n) is 0.684. The molecule has 8 nitrogen and oxygen atoms in total. The number of hydrogen-bond acceptors (Lipinski definition) is 7. The number of carbonyl (C=O) groups excluding carboxylic acids is 3. The van der Waals surface area contributed by atoms with Crippen molar-refractivity contribution in [3.05, 3.63) is 6.15 Å². The molecule has 0 aromatic heterocycles. The maximum Gasteiger partial charge on any atom is 0.114 e. The normalized spacial score (nSPS) is 9.40. The van der Waals surface area contributed by atoms with Crippen LogP contribution in [0.25, 0.3) is 6.15 Å². The van der Waals surface area contributed by atoms with Gasteiger partial charge in [0, 0.05) is 41.8 Å². The Balaban J connectivity index is -0.000000720. The van der Waals surface area contributed by atoms with Gasteiger partial charge in [0.1, 0.15) is 5.60 Å². The zero-order valence-corrected chi connectivity index (χ0v) is 8.13. The molecule has 0 unspecified atom stereocenters. The second-order valence-corrected chi connectivity index (χ2v) is 2.42. The number of aliphatic carboxylic acids is 3. The summed E-state index contributed by atoms with van der Waals surface area (Å²) in [6.45, 7) is 0. The summed E-state index contributed by atoms with van der Waals surface area (Å²) in [5.41, 5.74) is -2.97. The average molecular weight is 269 g/mol. The molecule has 0 rings (SSSR count). The van der Waals surface area contributed by atoms with Crippen molar-refractivity contribution in [3.63, 3.8) is 0 Å². The van der Waals surface area contributed by atoms with E-state index in [1.165, 1.54) is 0 Å². The molecule has 3 N–H and O–H groups in total. The molecule has 0 saturated heterocycles. The van der Waals surface area contributed by atoms with E-state index in [1.54, 1.807) is 0 Å². The maximum atomic E-state index is 10.1. The number of carbonyl (C=O) groups is 3. The first-order valence-corrected chi connectivity index (χ1v) is 3.11. The monoisotopic (exact) mass is 268 g/mol. The Hall–Kier alpha value is -1.15. The van der Waals surface area contributed by atoms with E-state index in [2.05, 4.69) is 0 Å². The number of nitrogens with two attached hydrogens (primary N) is 1. The van der Waals surface area contributed by atoms with Crippen molar-refractivity contribution in [1.29, 1.82) is 0 Å². The number of aliphatic hydroxyl groups is 1. The Labute approximate surface area is 95.0 Å². The van der Waals surface area contributed by atoms with E-state index in [9.17, 15) is 29.7 Å². The molecule has 0 aromatic rings. The van der Waals surface area contributed by atoms with E-state index in [0.717, 1.165) is 0 Å². The largest absolute Gasteiger partial charge is 0.693 e. The van der Waals surface area contributed by atoms with Gasteiger partial charge in [-0.3, -0.25) is 0 Å². The zero-order chi connectivity index (χ0) is 10.6. The van der Waals surface area contributed by atoms with Gasteiger partial charge in [0.05, 0.1) is 5.97 Å². The van der Waals surface area contributed by atoms with Gasteiger partial charge in [0.15, 0.2) is 0 Å². The average Bonchev–Trinajstić information content (AvgIpc) is 1.82. The SMILES string of the molecule is O=C([O-])CC(O)(CC(=O)[O-])C(=O)[O-].[Cu].[NH2-]. The topological polar surface area (TPSA) is 174 Å². The first-order valence-electron chi connectivity index (χ1n) is 3.11. The second kappa shape index (κ2) is 7.18. The van der Waals surface area contributed by atoms with Crippen LogP contribution in [0.3, 0.4) is 0 Å². The molecule has 0 spiro atoms. The summed E-state index contributed by atoms with van der Waals surface area (Å²) in [5.74, 6) is -5.98. The standard InChI is InChI=1S/C6H8O7.Cu.H2N/c7-3(8)1-6(13,5(11)12)2-4(9)10;;/h13H,1-2H2,(H,7,8)(H,9,10)(H,11,12);;1H2/q;;-1/p-3. The van der Waals surface area contributed by atoms with Gasteiger partial charge >= 0.3 is 0 Å². The van der Waals surface area contributed by atoms with Crippen LogP contribution in [-0.4, -0.2) is 28.6 Å². The van der Waals surface area contributed by atoms with Crippen molar-refractivity contribution < 1.29 is 51.9 Å². The Kier molecular flexibility index (Phi) is 9.30. The first kappa shape index (κ1) is 19.4. The molecule has 0 heterocycles. The van der Waals surface area contributed by atoms with Crippen molar-refractivity contribution in [2.24, 2.45) is 0 Å². The molecule has 0 saturated carbocycles. The Morgan fingerprint density at radius 1 is 1.00 bits per heavy atom. The minimum Gasteiger partial charge on any atom is -0.693 e. The minimum atomic E-state index is -2.97. The Bertz CT molecular complexity index is 238. The first-order chi connectivity index (χ1) is 5.78. The van der Waals surface area contributed by atoms with Crippen molar-refractivity contribution in [3.8, 4) is 0 Å². The molecular weight excluding hydrogens is 262 g/mol. The number of carboxylic acid groups (broad SMARTS) is 3. The van der Waals surface area contributed by atoms with E-state index in [0.29, 0.717) is 0 Å². The minimum absolute atomic E-state index is 0. The molecule has 0 aromatic carbocycles. The van der Waals surface area contributed by atoms with Gasteiger partial charge in [-0.15, -0.1) is 0 Å². The van der Waals surface area contributed by atoms with Gasteiger partial charge in [-0.1, -0.05) is 0 Å². The van der Waals surface area contributed by atoms with E-state index in [1.807, 2.05) is 0 Å². The third kappa shape index (κ3) is 6.86. The summed E-state index contributed by atoms with van der Waals surface area (Å²) in [6.07, 6.45) is -2.72. The van der Waals surface area contributed by atoms with Crippen LogP contribution in [0.2, 0.25) is 0 Å². The Morgan fingerprint density at radius 3 is 1.40 bits per heavy atom. The number of carboxylic acids is 3. The summed E-state index contributed by atoms with van der Waals surface area (Å²) in [7, 11) is 0. The molecule has 15 heavy (non-hydrogen) atoms. The summed E-state index contributed by atoms with van der Waals surface area (Å²) in [6, 6.07) is 0. The van der Waals surface area contributed by atoms with Crippen LogP contribution in [-0.2, 0) is 31.5 Å². The van der Waals surface area contributed by atoms with Crippen LogP contribution in [0.1, 0.15) is 12.8 Å². The van der Waals surface area contributed by atoms with Crippen LogP contribution in [0.4, 0.5) is 0 Å². The fraction of sp³-hybridized carbons (Fsp3) is 0.500. The van der Waals surface area contributed by atoms with Crippen molar-refractivity contribution >= 4 is 17.9 Å². The number of hydrogen-bond donors (Lipinski definition) is 1. The predicted molar refractivity (Wildman–Crippen MR) is 34.5 cm³/mol.